The van der Waals surface area contributed by atoms with Crippen molar-refractivity contribution in [2.75, 3.05) is 0 Å². The van der Waals surface area contributed by atoms with Crippen LogP contribution in [0.3, 0.4) is 0 Å². The Hall–Kier alpha value is -2.31. The predicted octanol–water partition coefficient (Wildman–Crippen LogP) is 0.225. The van der Waals surface area contributed by atoms with Gasteiger partial charge in [0, 0.05) is 12.4 Å². The Kier molecular flexibility index (Phi) is 1.90. The average Bonchev–Trinajstić information content (AvgIpc) is 2.67. The molecule has 2 heterocycles. The summed E-state index contributed by atoms with van der Waals surface area (Å²) in [5.41, 5.74) is 0.113. The van der Waals surface area contributed by atoms with Gasteiger partial charge in [0.15, 0.2) is 5.69 Å². The number of hydrogen-bond donors (Lipinski definition) is 1. The van der Waals surface area contributed by atoms with Crippen LogP contribution in [0.4, 0.5) is 0 Å². The molecule has 0 fully saturated rings. The van der Waals surface area contributed by atoms with E-state index in [2.05, 4.69) is 24.9 Å². The Morgan fingerprint density at radius 3 is 2.86 bits per heavy atom. The zero-order valence-electron chi connectivity index (χ0n) is 6.78. The van der Waals surface area contributed by atoms with E-state index in [1.165, 1.54) is 18.6 Å². The molecule has 1 N–H and O–H groups in total. The van der Waals surface area contributed by atoms with E-state index in [1.54, 1.807) is 0 Å². The van der Waals surface area contributed by atoms with Gasteiger partial charge >= 0.3 is 5.97 Å². The SMILES string of the molecule is O=C(O)c1nonc1-c1cnccn1. The molecule has 0 atom stereocenters. The van der Waals surface area contributed by atoms with Gasteiger partial charge in [-0.05, 0) is 10.3 Å². The molecule has 0 unspecified atom stereocenters. The van der Waals surface area contributed by atoms with Crippen LogP contribution in [0.1, 0.15) is 10.5 Å². The number of hydrogen-bond acceptors (Lipinski definition) is 6. The van der Waals surface area contributed by atoms with Crippen molar-refractivity contribution in [2.24, 2.45) is 0 Å². The van der Waals surface area contributed by atoms with Crippen molar-refractivity contribution in [3.63, 3.8) is 0 Å². The first-order valence-corrected chi connectivity index (χ1v) is 3.61. The number of carbonyl (C=O) groups is 1. The zero-order valence-corrected chi connectivity index (χ0v) is 6.78. The van der Waals surface area contributed by atoms with Gasteiger partial charge in [0.25, 0.3) is 0 Å². The molecule has 14 heavy (non-hydrogen) atoms. The van der Waals surface area contributed by atoms with Gasteiger partial charge in [0.05, 0.1) is 6.20 Å². The molecule has 7 heteroatoms. The highest BCUT2D eigenvalue weighted by atomic mass is 16.6. The topological polar surface area (TPSA) is 102 Å². The van der Waals surface area contributed by atoms with Gasteiger partial charge in [-0.3, -0.25) is 9.97 Å². The minimum Gasteiger partial charge on any atom is -0.476 e. The van der Waals surface area contributed by atoms with Crippen molar-refractivity contribution < 1.29 is 14.5 Å². The fraction of sp³-hybridized carbons (Fsp3) is 0. The number of rotatable bonds is 2. The van der Waals surface area contributed by atoms with E-state index in [1.807, 2.05) is 0 Å². The molecule has 0 saturated carbocycles. The maximum atomic E-state index is 10.6. The fourth-order valence-electron chi connectivity index (χ4n) is 0.918. The quantitative estimate of drug-likeness (QED) is 0.726. The Balaban J connectivity index is 2.52. The molecule has 0 aromatic carbocycles. The lowest BCUT2D eigenvalue weighted by molar-refractivity contribution is 0.0685. The molecule has 2 rings (SSSR count). The third kappa shape index (κ3) is 1.30. The number of aromatic nitrogens is 4. The third-order valence-corrected chi connectivity index (χ3v) is 1.50. The summed E-state index contributed by atoms with van der Waals surface area (Å²) >= 11 is 0. The molecule has 2 aromatic heterocycles. The van der Waals surface area contributed by atoms with E-state index in [0.717, 1.165) is 0 Å². The molecule has 0 bridgehead atoms. The van der Waals surface area contributed by atoms with Gasteiger partial charge < -0.3 is 5.11 Å². The average molecular weight is 192 g/mol. The highest BCUT2D eigenvalue weighted by molar-refractivity contribution is 5.91. The lowest BCUT2D eigenvalue weighted by atomic mass is 10.2. The smallest absolute Gasteiger partial charge is 0.360 e. The molecule has 7 nitrogen and oxygen atoms in total. The van der Waals surface area contributed by atoms with Crippen LogP contribution < -0.4 is 0 Å². The van der Waals surface area contributed by atoms with Crippen molar-refractivity contribution in [2.45, 2.75) is 0 Å². The molecule has 0 aliphatic rings. The molecular formula is C7H4N4O3. The second-order valence-corrected chi connectivity index (χ2v) is 2.36. The molecule has 0 radical (unpaired) electrons. The van der Waals surface area contributed by atoms with Gasteiger partial charge in [0.1, 0.15) is 5.69 Å². The van der Waals surface area contributed by atoms with Crippen LogP contribution in [0.2, 0.25) is 0 Å². The van der Waals surface area contributed by atoms with Crippen LogP contribution in [-0.4, -0.2) is 31.4 Å². The number of nitrogens with zero attached hydrogens (tertiary/aromatic N) is 4. The van der Waals surface area contributed by atoms with E-state index in [0.29, 0.717) is 5.69 Å². The largest absolute Gasteiger partial charge is 0.476 e. The number of aromatic carboxylic acids is 1. The Bertz CT molecular complexity index is 453. The summed E-state index contributed by atoms with van der Waals surface area (Å²) in [6.45, 7) is 0. The first-order chi connectivity index (χ1) is 6.79. The Labute approximate surface area is 77.4 Å². The summed E-state index contributed by atoms with van der Waals surface area (Å²) in [6, 6.07) is 0. The molecule has 0 saturated heterocycles. The molecule has 0 aliphatic carbocycles. The van der Waals surface area contributed by atoms with E-state index >= 15 is 0 Å². The van der Waals surface area contributed by atoms with E-state index in [-0.39, 0.29) is 11.4 Å². The molecule has 2 aromatic rings. The second-order valence-electron chi connectivity index (χ2n) is 2.36. The second kappa shape index (κ2) is 3.21. The normalized spacial score (nSPS) is 10.0. The third-order valence-electron chi connectivity index (χ3n) is 1.50. The maximum absolute atomic E-state index is 10.6. The van der Waals surface area contributed by atoms with Crippen LogP contribution in [0.15, 0.2) is 23.2 Å². The van der Waals surface area contributed by atoms with Gasteiger partial charge in [-0.1, -0.05) is 0 Å². The van der Waals surface area contributed by atoms with Crippen LogP contribution in [0.5, 0.6) is 0 Å². The van der Waals surface area contributed by atoms with Crippen molar-refractivity contribution in [3.05, 3.63) is 24.3 Å². The Morgan fingerprint density at radius 2 is 2.21 bits per heavy atom. The first kappa shape index (κ1) is 8.30. The lowest BCUT2D eigenvalue weighted by Crippen LogP contribution is -2.00. The zero-order chi connectivity index (χ0) is 9.97. The Morgan fingerprint density at radius 1 is 1.36 bits per heavy atom. The summed E-state index contributed by atoms with van der Waals surface area (Å²) in [6.07, 6.45) is 4.28. The summed E-state index contributed by atoms with van der Waals surface area (Å²) in [7, 11) is 0. The summed E-state index contributed by atoms with van der Waals surface area (Å²) in [5.74, 6) is -1.22. The molecule has 0 aliphatic heterocycles. The summed E-state index contributed by atoms with van der Waals surface area (Å²) < 4.78 is 4.31. The van der Waals surface area contributed by atoms with Gasteiger partial charge in [-0.2, -0.15) is 0 Å². The van der Waals surface area contributed by atoms with E-state index in [4.69, 9.17) is 5.11 Å². The van der Waals surface area contributed by atoms with Gasteiger partial charge in [-0.15, -0.1) is 0 Å². The summed E-state index contributed by atoms with van der Waals surface area (Å²) in [4.78, 5) is 18.3. The lowest BCUT2D eigenvalue weighted by Gasteiger charge is -1.92. The molecule has 70 valence electrons. The minimum atomic E-state index is -1.22. The molecule has 0 amide bonds. The number of carboxylic acid groups (broad SMARTS) is 1. The van der Waals surface area contributed by atoms with E-state index in [9.17, 15) is 4.79 Å². The van der Waals surface area contributed by atoms with Crippen molar-refractivity contribution in [3.8, 4) is 11.4 Å². The summed E-state index contributed by atoms with van der Waals surface area (Å²) in [5, 5.41) is 15.4. The molecule has 0 spiro atoms. The van der Waals surface area contributed by atoms with Crippen molar-refractivity contribution >= 4 is 5.97 Å². The van der Waals surface area contributed by atoms with Crippen molar-refractivity contribution in [1.82, 2.24) is 20.3 Å². The van der Waals surface area contributed by atoms with Crippen LogP contribution in [0, 0.1) is 0 Å². The van der Waals surface area contributed by atoms with Crippen LogP contribution in [0.25, 0.3) is 11.4 Å². The predicted molar refractivity (Wildman–Crippen MR) is 42.3 cm³/mol. The van der Waals surface area contributed by atoms with Crippen LogP contribution >= 0.6 is 0 Å². The van der Waals surface area contributed by atoms with Gasteiger partial charge in [-0.25, -0.2) is 9.42 Å². The van der Waals surface area contributed by atoms with E-state index < -0.39 is 5.97 Å². The standard InChI is InChI=1S/C7H4N4O3/c12-7(13)6-5(10-14-11-6)4-3-8-1-2-9-4/h1-3H,(H,12,13). The van der Waals surface area contributed by atoms with Crippen LogP contribution in [-0.2, 0) is 0 Å². The monoisotopic (exact) mass is 192 g/mol. The first-order valence-electron chi connectivity index (χ1n) is 3.61. The highest BCUT2D eigenvalue weighted by Gasteiger charge is 2.19. The maximum Gasteiger partial charge on any atom is 0.360 e. The molecular weight excluding hydrogens is 188 g/mol. The van der Waals surface area contributed by atoms with Crippen molar-refractivity contribution in [1.29, 1.82) is 0 Å². The fourth-order valence-corrected chi connectivity index (χ4v) is 0.918. The number of carboxylic acids is 1. The highest BCUT2D eigenvalue weighted by Crippen LogP contribution is 2.15. The van der Waals surface area contributed by atoms with Gasteiger partial charge in [0.2, 0.25) is 5.69 Å². The minimum absolute atomic E-state index is 0.0746.